The van der Waals surface area contributed by atoms with Crippen LogP contribution in [0, 0.1) is 0 Å². The number of alkyl carbamates (subject to hydrolysis) is 1. The Hall–Kier alpha value is -2.28. The van der Waals surface area contributed by atoms with Crippen molar-refractivity contribution in [3.05, 3.63) is 35.8 Å². The predicted octanol–water partition coefficient (Wildman–Crippen LogP) is 2.15. The van der Waals surface area contributed by atoms with E-state index in [4.69, 9.17) is 14.3 Å². The molecule has 1 amide bonds. The van der Waals surface area contributed by atoms with Gasteiger partial charge in [0, 0.05) is 13.1 Å². The first-order valence-corrected chi connectivity index (χ1v) is 6.92. The number of hydrogen-bond donors (Lipinski definition) is 3. The molecule has 3 N–H and O–H groups in total. The lowest BCUT2D eigenvalue weighted by Gasteiger charge is -2.19. The largest absolute Gasteiger partial charge is 0.475 e. The molecule has 1 heterocycles. The topological polar surface area (TPSA) is 101 Å². The van der Waals surface area contributed by atoms with Crippen LogP contribution in [-0.2, 0) is 11.3 Å². The summed E-state index contributed by atoms with van der Waals surface area (Å²) in [6, 6.07) is 3.03. The van der Waals surface area contributed by atoms with E-state index in [1.807, 2.05) is 6.08 Å². The van der Waals surface area contributed by atoms with Crippen LogP contribution < -0.4 is 10.6 Å². The van der Waals surface area contributed by atoms with Gasteiger partial charge in [-0.15, -0.1) is 0 Å². The number of ether oxygens (including phenoxy) is 1. The van der Waals surface area contributed by atoms with Gasteiger partial charge in [-0.25, -0.2) is 9.59 Å². The first kappa shape index (κ1) is 17.8. The summed E-state index contributed by atoms with van der Waals surface area (Å²) in [5.74, 6) is -0.606. The Labute approximate surface area is 129 Å². The van der Waals surface area contributed by atoms with Crippen LogP contribution in [0.15, 0.2) is 28.7 Å². The maximum Gasteiger partial charge on any atom is 0.407 e. The summed E-state index contributed by atoms with van der Waals surface area (Å²) in [7, 11) is 0. The van der Waals surface area contributed by atoms with Gasteiger partial charge in [0.15, 0.2) is 0 Å². The molecule has 0 aromatic carbocycles. The molecule has 7 heteroatoms. The van der Waals surface area contributed by atoms with Crippen molar-refractivity contribution in [2.45, 2.75) is 32.9 Å². The Morgan fingerprint density at radius 3 is 2.55 bits per heavy atom. The summed E-state index contributed by atoms with van der Waals surface area (Å²) < 4.78 is 10.2. The van der Waals surface area contributed by atoms with Crippen molar-refractivity contribution in [1.82, 2.24) is 10.6 Å². The first-order chi connectivity index (χ1) is 10.3. The summed E-state index contributed by atoms with van der Waals surface area (Å²) in [5.41, 5.74) is -0.507. The van der Waals surface area contributed by atoms with Crippen LogP contribution in [-0.4, -0.2) is 35.9 Å². The molecule has 0 aliphatic carbocycles. The molecular formula is C15H22N2O5. The Balaban J connectivity index is 2.14. The van der Waals surface area contributed by atoms with Crippen molar-refractivity contribution in [3.63, 3.8) is 0 Å². The van der Waals surface area contributed by atoms with E-state index in [9.17, 15) is 9.59 Å². The number of rotatable bonds is 7. The minimum Gasteiger partial charge on any atom is -0.475 e. The molecule has 22 heavy (non-hydrogen) atoms. The molecule has 0 bridgehead atoms. The number of carboxylic acid groups (broad SMARTS) is 1. The predicted molar refractivity (Wildman–Crippen MR) is 80.8 cm³/mol. The van der Waals surface area contributed by atoms with E-state index in [0.717, 1.165) is 0 Å². The maximum atomic E-state index is 11.3. The van der Waals surface area contributed by atoms with E-state index in [1.54, 1.807) is 32.9 Å². The zero-order valence-electron chi connectivity index (χ0n) is 13.0. The molecule has 0 atom stereocenters. The van der Waals surface area contributed by atoms with E-state index in [0.29, 0.717) is 25.4 Å². The van der Waals surface area contributed by atoms with Crippen molar-refractivity contribution >= 4 is 12.1 Å². The fraction of sp³-hybridized carbons (Fsp3) is 0.467. The molecule has 0 unspecified atom stereocenters. The Bertz CT molecular complexity index is 528. The zero-order chi connectivity index (χ0) is 16.6. The Kier molecular flexibility index (Phi) is 6.65. The molecule has 0 aliphatic rings. The van der Waals surface area contributed by atoms with Gasteiger partial charge < -0.3 is 24.9 Å². The molecule has 0 saturated heterocycles. The highest BCUT2D eigenvalue weighted by Gasteiger charge is 2.14. The van der Waals surface area contributed by atoms with E-state index in [2.05, 4.69) is 10.6 Å². The lowest BCUT2D eigenvalue weighted by molar-refractivity contribution is 0.0533. The van der Waals surface area contributed by atoms with Crippen LogP contribution in [0.2, 0.25) is 0 Å². The minimum atomic E-state index is -1.08. The molecule has 0 radical (unpaired) electrons. The van der Waals surface area contributed by atoms with Crippen LogP contribution in [0.3, 0.4) is 0 Å². The van der Waals surface area contributed by atoms with Gasteiger partial charge in [-0.1, -0.05) is 12.2 Å². The van der Waals surface area contributed by atoms with Gasteiger partial charge in [0.1, 0.15) is 11.4 Å². The molecular weight excluding hydrogens is 288 g/mol. The van der Waals surface area contributed by atoms with Crippen LogP contribution >= 0.6 is 0 Å². The number of carbonyl (C=O) groups is 2. The van der Waals surface area contributed by atoms with Crippen molar-refractivity contribution in [2.24, 2.45) is 0 Å². The van der Waals surface area contributed by atoms with Gasteiger partial charge in [0.05, 0.1) is 6.54 Å². The summed E-state index contributed by atoms with van der Waals surface area (Å²) in [5, 5.41) is 14.4. The molecule has 1 aromatic heterocycles. The van der Waals surface area contributed by atoms with E-state index < -0.39 is 17.7 Å². The van der Waals surface area contributed by atoms with E-state index >= 15 is 0 Å². The molecule has 0 fully saturated rings. The van der Waals surface area contributed by atoms with Crippen molar-refractivity contribution in [2.75, 3.05) is 13.1 Å². The number of amides is 1. The average Bonchev–Trinajstić information content (AvgIpc) is 2.84. The van der Waals surface area contributed by atoms with Crippen molar-refractivity contribution < 1.29 is 23.8 Å². The van der Waals surface area contributed by atoms with Crippen molar-refractivity contribution in [3.8, 4) is 0 Å². The monoisotopic (exact) mass is 310 g/mol. The molecule has 1 aromatic rings. The third-order valence-corrected chi connectivity index (χ3v) is 2.36. The Morgan fingerprint density at radius 1 is 1.27 bits per heavy atom. The summed E-state index contributed by atoms with van der Waals surface area (Å²) in [6.07, 6.45) is 3.18. The van der Waals surface area contributed by atoms with E-state index in [1.165, 1.54) is 6.07 Å². The van der Waals surface area contributed by atoms with Gasteiger partial charge in [0.25, 0.3) is 0 Å². The molecule has 0 aliphatic heterocycles. The van der Waals surface area contributed by atoms with Gasteiger partial charge in [-0.3, -0.25) is 0 Å². The second-order valence-corrected chi connectivity index (χ2v) is 5.56. The van der Waals surface area contributed by atoms with Crippen molar-refractivity contribution in [1.29, 1.82) is 0 Å². The highest BCUT2D eigenvalue weighted by atomic mass is 16.6. The van der Waals surface area contributed by atoms with Gasteiger partial charge >= 0.3 is 12.1 Å². The lowest BCUT2D eigenvalue weighted by atomic mass is 10.2. The molecule has 0 spiro atoms. The van der Waals surface area contributed by atoms with Crippen LogP contribution in [0.1, 0.15) is 37.1 Å². The van der Waals surface area contributed by atoms with Gasteiger partial charge in [-0.05, 0) is 32.9 Å². The average molecular weight is 310 g/mol. The van der Waals surface area contributed by atoms with Gasteiger partial charge in [0.2, 0.25) is 5.76 Å². The number of nitrogens with one attached hydrogen (secondary N) is 2. The van der Waals surface area contributed by atoms with Crippen LogP contribution in [0.25, 0.3) is 0 Å². The number of furan rings is 1. The fourth-order valence-corrected chi connectivity index (χ4v) is 1.49. The number of carboxylic acids is 1. The quantitative estimate of drug-likeness (QED) is 0.527. The second kappa shape index (κ2) is 8.23. The highest BCUT2D eigenvalue weighted by molar-refractivity contribution is 5.84. The normalized spacial score (nSPS) is 11.6. The SMILES string of the molecule is CC(C)(C)OC(=O)NC/C=C/CNCc1ccc(C(=O)O)o1. The smallest absolute Gasteiger partial charge is 0.407 e. The molecule has 1 rings (SSSR count). The number of carbonyl (C=O) groups excluding carboxylic acids is 1. The number of hydrogen-bond acceptors (Lipinski definition) is 5. The third-order valence-electron chi connectivity index (χ3n) is 2.36. The Morgan fingerprint density at radius 2 is 1.95 bits per heavy atom. The van der Waals surface area contributed by atoms with Crippen LogP contribution in [0.4, 0.5) is 4.79 Å². The molecule has 7 nitrogen and oxygen atoms in total. The van der Waals surface area contributed by atoms with E-state index in [-0.39, 0.29) is 5.76 Å². The lowest BCUT2D eigenvalue weighted by Crippen LogP contribution is -2.32. The standard InChI is InChI=1S/C15H22N2O5/c1-15(2,3)22-14(20)17-9-5-4-8-16-10-11-6-7-12(21-11)13(18)19/h4-7,16H,8-10H2,1-3H3,(H,17,20)(H,18,19)/b5-4+. The highest BCUT2D eigenvalue weighted by Crippen LogP contribution is 2.07. The fourth-order valence-electron chi connectivity index (χ4n) is 1.49. The first-order valence-electron chi connectivity index (χ1n) is 6.92. The third kappa shape index (κ3) is 7.49. The van der Waals surface area contributed by atoms with Gasteiger partial charge in [-0.2, -0.15) is 0 Å². The minimum absolute atomic E-state index is 0.0751. The summed E-state index contributed by atoms with van der Waals surface area (Å²) >= 11 is 0. The number of aromatic carboxylic acids is 1. The summed E-state index contributed by atoms with van der Waals surface area (Å²) in [4.78, 5) is 22.0. The zero-order valence-corrected chi connectivity index (χ0v) is 13.0. The maximum absolute atomic E-state index is 11.3. The molecule has 122 valence electrons. The van der Waals surface area contributed by atoms with Crippen LogP contribution in [0.5, 0.6) is 0 Å². The second-order valence-electron chi connectivity index (χ2n) is 5.56. The molecule has 0 saturated carbocycles. The summed E-state index contributed by atoms with van der Waals surface area (Å²) in [6.45, 7) is 6.78.